The average molecular weight is 381 g/mol. The van der Waals surface area contributed by atoms with Crippen molar-refractivity contribution in [3.05, 3.63) is 50.4 Å². The largest absolute Gasteiger partial charge is 0.356 e. The number of thiazole rings is 1. The minimum atomic E-state index is 0.754. The van der Waals surface area contributed by atoms with E-state index in [1.54, 1.807) is 18.4 Å². The van der Waals surface area contributed by atoms with Gasteiger partial charge in [0.05, 0.1) is 5.01 Å². The number of hydrogen-bond acceptors (Lipinski definition) is 3. The van der Waals surface area contributed by atoms with Crippen LogP contribution in [-0.4, -0.2) is 24.5 Å². The molecule has 0 spiro atoms. The molecule has 6 heteroatoms. The van der Waals surface area contributed by atoms with Crippen molar-refractivity contribution in [3.8, 4) is 0 Å². The van der Waals surface area contributed by atoms with Crippen molar-refractivity contribution in [2.45, 2.75) is 26.3 Å². The number of aryl methyl sites for hydroxylation is 1. The lowest BCUT2D eigenvalue weighted by molar-refractivity contribution is 0.792. The van der Waals surface area contributed by atoms with Crippen LogP contribution < -0.4 is 10.6 Å². The zero-order valence-electron chi connectivity index (χ0n) is 12.9. The summed E-state index contributed by atoms with van der Waals surface area (Å²) in [5.41, 5.74) is 1.22. The molecule has 1 aromatic carbocycles. The standard InChI is InChI=1S/C16H21BrN4S/c1-3-14-11-20-15(22-14)8-9-19-16(18-2)21-10-12-4-6-13(17)7-5-12/h4-7,11H,3,8-10H2,1-2H3,(H2,18,19,21). The lowest BCUT2D eigenvalue weighted by Crippen LogP contribution is -2.37. The highest BCUT2D eigenvalue weighted by atomic mass is 79.9. The molecule has 0 aliphatic heterocycles. The van der Waals surface area contributed by atoms with Crippen molar-refractivity contribution in [1.29, 1.82) is 0 Å². The second-order valence-corrected chi connectivity index (χ2v) is 6.92. The molecule has 0 atom stereocenters. The van der Waals surface area contributed by atoms with Crippen LogP contribution in [0.3, 0.4) is 0 Å². The predicted molar refractivity (Wildman–Crippen MR) is 97.5 cm³/mol. The molecule has 22 heavy (non-hydrogen) atoms. The third-order valence-electron chi connectivity index (χ3n) is 3.18. The Balaban J connectivity index is 1.74. The Kier molecular flexibility index (Phi) is 6.86. The van der Waals surface area contributed by atoms with E-state index in [2.05, 4.69) is 55.6 Å². The fourth-order valence-corrected chi connectivity index (χ4v) is 3.05. The number of nitrogens with zero attached hydrogens (tertiary/aromatic N) is 2. The van der Waals surface area contributed by atoms with E-state index in [-0.39, 0.29) is 0 Å². The number of nitrogens with one attached hydrogen (secondary N) is 2. The molecule has 0 aliphatic carbocycles. The maximum atomic E-state index is 4.43. The summed E-state index contributed by atoms with van der Waals surface area (Å²) in [7, 11) is 1.79. The molecular weight excluding hydrogens is 360 g/mol. The lowest BCUT2D eigenvalue weighted by atomic mass is 10.2. The van der Waals surface area contributed by atoms with Gasteiger partial charge in [-0.05, 0) is 24.1 Å². The first-order valence-corrected chi connectivity index (χ1v) is 8.94. The number of hydrogen-bond donors (Lipinski definition) is 2. The van der Waals surface area contributed by atoms with Gasteiger partial charge < -0.3 is 10.6 Å². The first-order valence-electron chi connectivity index (χ1n) is 7.33. The second kappa shape index (κ2) is 8.90. The van der Waals surface area contributed by atoms with E-state index in [1.807, 2.05) is 18.3 Å². The summed E-state index contributed by atoms with van der Waals surface area (Å²) in [6.07, 6.45) is 3.95. The lowest BCUT2D eigenvalue weighted by Gasteiger charge is -2.11. The number of benzene rings is 1. The van der Waals surface area contributed by atoms with Crippen molar-refractivity contribution in [2.24, 2.45) is 4.99 Å². The van der Waals surface area contributed by atoms with Crippen LogP contribution in [0.5, 0.6) is 0 Å². The van der Waals surface area contributed by atoms with Gasteiger partial charge in [-0.3, -0.25) is 4.99 Å². The summed E-state index contributed by atoms with van der Waals surface area (Å²) < 4.78 is 1.09. The molecule has 1 heterocycles. The molecule has 118 valence electrons. The zero-order valence-corrected chi connectivity index (χ0v) is 15.3. The summed E-state index contributed by atoms with van der Waals surface area (Å²) in [5, 5.41) is 7.81. The number of guanidine groups is 1. The molecule has 4 nitrogen and oxygen atoms in total. The molecule has 2 aromatic rings. The zero-order chi connectivity index (χ0) is 15.8. The molecular formula is C16H21BrN4S. The van der Waals surface area contributed by atoms with Gasteiger partial charge >= 0.3 is 0 Å². The summed E-state index contributed by atoms with van der Waals surface area (Å²) in [6, 6.07) is 8.26. The van der Waals surface area contributed by atoms with Gasteiger partial charge in [0.15, 0.2) is 5.96 Å². The maximum absolute atomic E-state index is 4.43. The van der Waals surface area contributed by atoms with Crippen LogP contribution in [0.25, 0.3) is 0 Å². The van der Waals surface area contributed by atoms with Gasteiger partial charge in [0.1, 0.15) is 0 Å². The third-order valence-corrected chi connectivity index (χ3v) is 4.91. The fraction of sp³-hybridized carbons (Fsp3) is 0.375. The van der Waals surface area contributed by atoms with E-state index in [0.29, 0.717) is 0 Å². The van der Waals surface area contributed by atoms with E-state index >= 15 is 0 Å². The predicted octanol–water partition coefficient (Wildman–Crippen LogP) is 3.38. The first kappa shape index (κ1) is 17.0. The molecule has 0 bridgehead atoms. The highest BCUT2D eigenvalue weighted by Gasteiger charge is 2.02. The van der Waals surface area contributed by atoms with E-state index in [4.69, 9.17) is 0 Å². The molecule has 0 saturated carbocycles. The molecule has 0 unspecified atom stereocenters. The van der Waals surface area contributed by atoms with Crippen LogP contribution in [0.4, 0.5) is 0 Å². The van der Waals surface area contributed by atoms with Crippen molar-refractivity contribution >= 4 is 33.2 Å². The topological polar surface area (TPSA) is 49.3 Å². The van der Waals surface area contributed by atoms with E-state index in [9.17, 15) is 0 Å². The number of rotatable bonds is 6. The summed E-state index contributed by atoms with van der Waals surface area (Å²) in [6.45, 7) is 3.74. The van der Waals surface area contributed by atoms with Crippen LogP contribution in [0.1, 0.15) is 22.4 Å². The number of aromatic nitrogens is 1. The van der Waals surface area contributed by atoms with E-state index < -0.39 is 0 Å². The summed E-state index contributed by atoms with van der Waals surface area (Å²) >= 11 is 5.23. The third kappa shape index (κ3) is 5.42. The van der Waals surface area contributed by atoms with Crippen LogP contribution in [0.15, 0.2) is 39.9 Å². The Morgan fingerprint density at radius 1 is 1.27 bits per heavy atom. The highest BCUT2D eigenvalue weighted by Crippen LogP contribution is 2.13. The molecule has 2 N–H and O–H groups in total. The van der Waals surface area contributed by atoms with E-state index in [0.717, 1.165) is 36.4 Å². The van der Waals surface area contributed by atoms with Crippen molar-refractivity contribution in [3.63, 3.8) is 0 Å². The molecule has 0 fully saturated rings. The quantitative estimate of drug-likeness (QED) is 0.596. The maximum Gasteiger partial charge on any atom is 0.191 e. The summed E-state index contributed by atoms with van der Waals surface area (Å²) in [4.78, 5) is 10.0. The Morgan fingerprint density at radius 3 is 2.68 bits per heavy atom. The van der Waals surface area contributed by atoms with Gasteiger partial charge in [-0.1, -0.05) is 35.0 Å². The van der Waals surface area contributed by atoms with Gasteiger partial charge in [0, 0.05) is 42.1 Å². The van der Waals surface area contributed by atoms with Gasteiger partial charge in [-0.25, -0.2) is 4.98 Å². The first-order chi connectivity index (χ1) is 10.7. The Labute approximate surface area is 144 Å². The molecule has 0 radical (unpaired) electrons. The minimum Gasteiger partial charge on any atom is -0.356 e. The average Bonchev–Trinajstić information content (AvgIpc) is 3.00. The second-order valence-electron chi connectivity index (χ2n) is 4.80. The Morgan fingerprint density at radius 2 is 2.05 bits per heavy atom. The molecule has 0 aliphatic rings. The van der Waals surface area contributed by atoms with Gasteiger partial charge in [0.25, 0.3) is 0 Å². The SMILES string of the molecule is CCc1cnc(CCNC(=NC)NCc2ccc(Br)cc2)s1. The Bertz CT molecular complexity index is 607. The van der Waals surface area contributed by atoms with Crippen LogP contribution in [0.2, 0.25) is 0 Å². The smallest absolute Gasteiger partial charge is 0.191 e. The normalized spacial score (nSPS) is 11.5. The van der Waals surface area contributed by atoms with Gasteiger partial charge in [-0.2, -0.15) is 0 Å². The molecule has 0 saturated heterocycles. The van der Waals surface area contributed by atoms with Crippen LogP contribution >= 0.6 is 27.3 Å². The van der Waals surface area contributed by atoms with E-state index in [1.165, 1.54) is 15.4 Å². The van der Waals surface area contributed by atoms with Crippen molar-refractivity contribution in [1.82, 2.24) is 15.6 Å². The highest BCUT2D eigenvalue weighted by molar-refractivity contribution is 9.10. The molecule has 0 amide bonds. The van der Waals surface area contributed by atoms with Crippen molar-refractivity contribution < 1.29 is 0 Å². The number of aliphatic imine (C=N–C) groups is 1. The monoisotopic (exact) mass is 380 g/mol. The fourth-order valence-electron chi connectivity index (χ4n) is 1.92. The summed E-state index contributed by atoms with van der Waals surface area (Å²) in [5.74, 6) is 0.815. The Hall–Kier alpha value is -1.40. The van der Waals surface area contributed by atoms with Crippen LogP contribution in [0, 0.1) is 0 Å². The minimum absolute atomic E-state index is 0.754. The van der Waals surface area contributed by atoms with Gasteiger partial charge in [0.2, 0.25) is 0 Å². The van der Waals surface area contributed by atoms with Crippen molar-refractivity contribution in [2.75, 3.05) is 13.6 Å². The van der Waals surface area contributed by atoms with Gasteiger partial charge in [-0.15, -0.1) is 11.3 Å². The number of halogens is 1. The van der Waals surface area contributed by atoms with Crippen LogP contribution in [-0.2, 0) is 19.4 Å². The molecule has 2 rings (SSSR count). The molecule has 1 aromatic heterocycles.